The van der Waals surface area contributed by atoms with Crippen molar-refractivity contribution in [1.82, 2.24) is 59.7 Å². The monoisotopic (exact) mass is 738 g/mol. The number of esters is 1. The molecule has 5 aromatic rings. The van der Waals surface area contributed by atoms with Crippen LogP contribution >= 0.6 is 0 Å². The van der Waals surface area contributed by atoms with Crippen LogP contribution in [0.15, 0.2) is 45.2 Å². The summed E-state index contributed by atoms with van der Waals surface area (Å²) < 4.78 is 10.5. The summed E-state index contributed by atoms with van der Waals surface area (Å²) in [4.78, 5) is 44.8. The fourth-order valence-corrected chi connectivity index (χ4v) is 6.43. The number of nitrogens with zero attached hydrogens (tertiary/aromatic N) is 14. The van der Waals surface area contributed by atoms with Crippen LogP contribution in [0.1, 0.15) is 82.7 Å². The van der Waals surface area contributed by atoms with E-state index in [1.807, 2.05) is 0 Å². The van der Waals surface area contributed by atoms with E-state index < -0.39 is 11.8 Å². The van der Waals surface area contributed by atoms with Gasteiger partial charge in [-0.15, -0.1) is 20.5 Å². The van der Waals surface area contributed by atoms with Crippen molar-refractivity contribution < 1.29 is 19.1 Å². The number of carbonyl (C=O) groups excluding carboxylic acids is 3. The lowest BCUT2D eigenvalue weighted by atomic mass is 10.0. The molecule has 0 bridgehead atoms. The van der Waals surface area contributed by atoms with Crippen LogP contribution in [0.3, 0.4) is 0 Å². The summed E-state index contributed by atoms with van der Waals surface area (Å²) in [6.07, 6.45) is 9.64. The summed E-state index contributed by atoms with van der Waals surface area (Å²) in [5.41, 5.74) is 15.2. The highest BCUT2D eigenvalue weighted by molar-refractivity contribution is 6.34. The first-order valence-electron chi connectivity index (χ1n) is 17.2. The molecule has 0 radical (unpaired) electrons. The van der Waals surface area contributed by atoms with Gasteiger partial charge in [0.25, 0.3) is 0 Å². The van der Waals surface area contributed by atoms with Crippen LogP contribution in [0.25, 0.3) is 11.6 Å². The normalized spacial score (nSPS) is 17.8. The molecular formula is C32H38N18O4. The summed E-state index contributed by atoms with van der Waals surface area (Å²) in [6.45, 7) is 1.55. The number of anilines is 2. The van der Waals surface area contributed by atoms with Crippen molar-refractivity contribution in [2.45, 2.75) is 50.6 Å². The molecule has 2 fully saturated rings. The fraction of sp³-hybridized carbons (Fsp3) is 0.406. The quantitative estimate of drug-likeness (QED) is 0.0498. The molecule has 2 aliphatic rings. The van der Waals surface area contributed by atoms with Gasteiger partial charge in [0.05, 0.1) is 37.2 Å². The second-order valence-corrected chi connectivity index (χ2v) is 12.7. The molecule has 280 valence electrons. The topological polar surface area (TPSA) is 283 Å². The third-order valence-corrected chi connectivity index (χ3v) is 9.28. The van der Waals surface area contributed by atoms with Crippen molar-refractivity contribution in [1.29, 1.82) is 0 Å². The third-order valence-electron chi connectivity index (χ3n) is 9.28. The number of rotatable bonds is 11. The van der Waals surface area contributed by atoms with Gasteiger partial charge in [-0.1, -0.05) is 12.8 Å². The Balaban J connectivity index is 1.30. The smallest absolute Gasteiger partial charge is 0.343 e. The molecule has 7 rings (SSSR count). The molecule has 0 aliphatic carbocycles. The molecule has 22 nitrogen and oxygen atoms in total. The van der Waals surface area contributed by atoms with Crippen LogP contribution in [-0.4, -0.2) is 87.3 Å². The zero-order valence-corrected chi connectivity index (χ0v) is 29.7. The van der Waals surface area contributed by atoms with Gasteiger partial charge in [0.15, 0.2) is 52.6 Å². The van der Waals surface area contributed by atoms with Crippen LogP contribution in [-0.2, 0) is 23.6 Å². The van der Waals surface area contributed by atoms with Gasteiger partial charge in [-0.3, -0.25) is 9.59 Å². The Kier molecular flexibility index (Phi) is 10.1. The molecule has 6 N–H and O–H groups in total. The summed E-state index contributed by atoms with van der Waals surface area (Å²) in [6, 6.07) is 1.24. The van der Waals surface area contributed by atoms with E-state index in [1.165, 1.54) is 44.6 Å². The van der Waals surface area contributed by atoms with Crippen LogP contribution in [0, 0.1) is 0 Å². The van der Waals surface area contributed by atoms with Gasteiger partial charge in [-0.2, -0.15) is 29.8 Å². The number of methoxy groups -OCH3 is 1. The Bertz CT molecular complexity index is 2270. The van der Waals surface area contributed by atoms with Crippen molar-refractivity contribution >= 4 is 52.7 Å². The van der Waals surface area contributed by atoms with Gasteiger partial charge >= 0.3 is 5.97 Å². The fourth-order valence-electron chi connectivity index (χ4n) is 6.43. The number of nitrogens with two attached hydrogens (primary N) is 2. The second kappa shape index (κ2) is 15.2. The van der Waals surface area contributed by atoms with Gasteiger partial charge in [0.2, 0.25) is 5.78 Å². The Morgan fingerprint density at radius 3 is 1.76 bits per heavy atom. The standard InChI is InChI=1S/C32H38N18O4/c1-47-30(17(13-39-47)21(52)15-51)43-41-26-24(19-8-4-6-10-35-19)45-49(28(26)33)22-12-23(38-16-37-22)50-29(34)27(25(46-50)20-9-5-7-11-36-20)42-44-31-18(32(53)54-3)14-40-48(31)2/h12-16,19-20,35-36H,4-11,33-34H2,1-3H3. The SMILES string of the molecule is COC(=O)c1cnn(C)c1N=Nc1c(C2CCCCN2)nn(-c2cc(-n3nc(C4CCCCN4)c(N=Nc4c(C(=O)C=O)cnn4C)c3N)ncn2)c1N. The number of Topliss-reactive ketones (excluding diaryl/α,β-unsaturated/α-hetero) is 1. The van der Waals surface area contributed by atoms with Crippen LogP contribution in [0.5, 0.6) is 0 Å². The minimum atomic E-state index is -0.781. The largest absolute Gasteiger partial charge is 0.465 e. The summed E-state index contributed by atoms with van der Waals surface area (Å²) in [5, 5.41) is 42.4. The third kappa shape index (κ3) is 6.74. The first-order valence-corrected chi connectivity index (χ1v) is 17.2. The van der Waals surface area contributed by atoms with Gasteiger partial charge in [-0.25, -0.2) is 24.1 Å². The molecule has 0 saturated carbocycles. The number of hydrogen-bond acceptors (Lipinski definition) is 18. The Morgan fingerprint density at radius 2 is 1.30 bits per heavy atom. The zero-order chi connectivity index (χ0) is 37.9. The lowest BCUT2D eigenvalue weighted by Gasteiger charge is -2.21. The first-order chi connectivity index (χ1) is 26.2. The van der Waals surface area contributed by atoms with Gasteiger partial charge in [-0.05, 0) is 38.8 Å². The van der Waals surface area contributed by atoms with E-state index >= 15 is 0 Å². The molecule has 0 amide bonds. The highest BCUT2D eigenvalue weighted by atomic mass is 16.5. The van der Waals surface area contributed by atoms with E-state index in [0.29, 0.717) is 17.1 Å². The van der Waals surface area contributed by atoms with Crippen LogP contribution in [0.4, 0.5) is 34.6 Å². The Morgan fingerprint density at radius 1 is 0.796 bits per heavy atom. The summed E-state index contributed by atoms with van der Waals surface area (Å²) in [5.74, 6) is -0.305. The molecular weight excluding hydrogens is 700 g/mol. The number of aldehydes is 1. The van der Waals surface area contributed by atoms with Crippen molar-refractivity contribution in [3.63, 3.8) is 0 Å². The van der Waals surface area contributed by atoms with E-state index in [0.717, 1.165) is 51.6 Å². The molecule has 2 atom stereocenters. The second-order valence-electron chi connectivity index (χ2n) is 12.7. The first kappa shape index (κ1) is 35.8. The summed E-state index contributed by atoms with van der Waals surface area (Å²) >= 11 is 0. The maximum atomic E-state index is 12.4. The molecule has 0 spiro atoms. The van der Waals surface area contributed by atoms with E-state index in [2.05, 4.69) is 51.3 Å². The van der Waals surface area contributed by atoms with E-state index in [1.54, 1.807) is 20.2 Å². The molecule has 0 aromatic carbocycles. The molecule has 7 heterocycles. The minimum Gasteiger partial charge on any atom is -0.465 e. The van der Waals surface area contributed by atoms with Crippen molar-refractivity contribution in [2.24, 2.45) is 34.6 Å². The lowest BCUT2D eigenvalue weighted by molar-refractivity contribution is -0.104. The maximum absolute atomic E-state index is 12.4. The number of ketones is 1. The van der Waals surface area contributed by atoms with Gasteiger partial charge in [0, 0.05) is 20.2 Å². The average Bonchev–Trinajstić information content (AvgIpc) is 3.95. The number of aryl methyl sites for hydroxylation is 2. The predicted octanol–water partition coefficient (Wildman–Crippen LogP) is 3.11. The molecule has 54 heavy (non-hydrogen) atoms. The van der Waals surface area contributed by atoms with Crippen molar-refractivity contribution in [3.8, 4) is 11.6 Å². The lowest BCUT2D eigenvalue weighted by Crippen LogP contribution is -2.27. The van der Waals surface area contributed by atoms with Crippen molar-refractivity contribution in [2.75, 3.05) is 31.7 Å². The molecule has 5 aromatic heterocycles. The maximum Gasteiger partial charge on any atom is 0.343 e. The van der Waals surface area contributed by atoms with Gasteiger partial charge in [0.1, 0.15) is 23.3 Å². The van der Waals surface area contributed by atoms with Crippen LogP contribution in [0.2, 0.25) is 0 Å². The predicted molar refractivity (Wildman–Crippen MR) is 191 cm³/mol. The number of aromatic nitrogens is 10. The number of ether oxygens (including phenoxy) is 1. The number of azo groups is 2. The zero-order valence-electron chi connectivity index (χ0n) is 29.7. The number of hydrogen-bond donors (Lipinski definition) is 4. The van der Waals surface area contributed by atoms with Crippen molar-refractivity contribution in [3.05, 3.63) is 47.3 Å². The molecule has 2 unspecified atom stereocenters. The number of nitrogen functional groups attached to an aromatic ring is 2. The highest BCUT2D eigenvalue weighted by Crippen LogP contribution is 2.39. The molecule has 2 saturated heterocycles. The van der Waals surface area contributed by atoms with E-state index in [-0.39, 0.29) is 70.1 Å². The van der Waals surface area contributed by atoms with Gasteiger partial charge < -0.3 is 26.8 Å². The average molecular weight is 739 g/mol. The number of piperidine rings is 2. The van der Waals surface area contributed by atoms with E-state index in [9.17, 15) is 14.4 Å². The Hall–Kier alpha value is -6.55. The number of carbonyl (C=O) groups is 3. The number of nitrogens with one attached hydrogen (secondary N) is 2. The Labute approximate surface area is 307 Å². The van der Waals surface area contributed by atoms with Crippen LogP contribution < -0.4 is 22.1 Å². The summed E-state index contributed by atoms with van der Waals surface area (Å²) in [7, 11) is 4.49. The van der Waals surface area contributed by atoms with E-state index in [4.69, 9.17) is 26.4 Å². The highest BCUT2D eigenvalue weighted by Gasteiger charge is 2.29. The molecule has 22 heteroatoms. The minimum absolute atomic E-state index is 0.00253. The molecule has 2 aliphatic heterocycles.